The van der Waals surface area contributed by atoms with Crippen LogP contribution in [0.5, 0.6) is 5.75 Å². The highest BCUT2D eigenvalue weighted by molar-refractivity contribution is 5.30. The maximum Gasteiger partial charge on any atom is 0.387 e. The summed E-state index contributed by atoms with van der Waals surface area (Å²) in [7, 11) is 0. The molecule has 2 unspecified atom stereocenters. The molecule has 0 amide bonds. The number of halogens is 2. The number of nitrogens with one attached hydrogen (secondary N) is 1. The fourth-order valence-electron chi connectivity index (χ4n) is 2.89. The maximum absolute atomic E-state index is 12.3. The van der Waals surface area contributed by atoms with Gasteiger partial charge in [0.2, 0.25) is 0 Å². The molecule has 0 radical (unpaired) electrons. The van der Waals surface area contributed by atoms with E-state index in [2.05, 4.69) is 28.8 Å². The molecule has 21 heavy (non-hydrogen) atoms. The summed E-state index contributed by atoms with van der Waals surface area (Å²) in [5, 5.41) is 3.60. The normalized spacial score (nSPS) is 21.5. The summed E-state index contributed by atoms with van der Waals surface area (Å²) < 4.78 is 29.0. The lowest BCUT2D eigenvalue weighted by molar-refractivity contribution is -0.0499. The number of benzene rings is 1. The molecule has 1 heterocycles. The molecule has 0 spiro atoms. The molecule has 2 rings (SSSR count). The summed E-state index contributed by atoms with van der Waals surface area (Å²) in [5.41, 5.74) is 0.974. The van der Waals surface area contributed by atoms with Crippen molar-refractivity contribution in [1.82, 2.24) is 10.2 Å². The van der Waals surface area contributed by atoms with Gasteiger partial charge in [-0.2, -0.15) is 8.78 Å². The van der Waals surface area contributed by atoms with Gasteiger partial charge in [-0.05, 0) is 50.6 Å². The quantitative estimate of drug-likeness (QED) is 0.871. The Hall–Kier alpha value is -1.20. The van der Waals surface area contributed by atoms with Crippen LogP contribution in [0.2, 0.25) is 0 Å². The number of alkyl halides is 2. The summed E-state index contributed by atoms with van der Waals surface area (Å²) in [4.78, 5) is 2.43. The lowest BCUT2D eigenvalue weighted by Crippen LogP contribution is -2.46. The van der Waals surface area contributed by atoms with E-state index < -0.39 is 6.61 Å². The standard InChI is InChI=1S/C16H24F2N2O/c1-3-20-9-5-7-14(11-20)19-12(2)13-6-4-8-15(10-13)21-16(17)18/h4,6,8,10,12,14,16,19H,3,5,7,9,11H2,1-2H3. The van der Waals surface area contributed by atoms with E-state index in [0.717, 1.165) is 25.1 Å². The Morgan fingerprint density at radius 1 is 1.43 bits per heavy atom. The van der Waals surface area contributed by atoms with Gasteiger partial charge in [0.1, 0.15) is 5.75 Å². The minimum atomic E-state index is -2.78. The number of piperidine rings is 1. The zero-order valence-electron chi connectivity index (χ0n) is 12.7. The third-order valence-corrected chi connectivity index (χ3v) is 4.02. The van der Waals surface area contributed by atoms with Gasteiger partial charge >= 0.3 is 6.61 Å². The van der Waals surface area contributed by atoms with Gasteiger partial charge in [0.05, 0.1) is 0 Å². The number of likely N-dealkylation sites (N-methyl/N-ethyl adjacent to an activating group) is 1. The molecule has 0 aromatic heterocycles. The van der Waals surface area contributed by atoms with Crippen LogP contribution in [-0.4, -0.2) is 37.2 Å². The van der Waals surface area contributed by atoms with Crippen molar-refractivity contribution in [2.75, 3.05) is 19.6 Å². The van der Waals surface area contributed by atoms with Crippen LogP contribution in [-0.2, 0) is 0 Å². The maximum atomic E-state index is 12.3. The van der Waals surface area contributed by atoms with E-state index in [1.54, 1.807) is 18.2 Å². The molecule has 3 nitrogen and oxygen atoms in total. The first-order valence-corrected chi connectivity index (χ1v) is 7.61. The highest BCUT2D eigenvalue weighted by atomic mass is 19.3. The predicted octanol–water partition coefficient (Wildman–Crippen LogP) is 3.42. The van der Waals surface area contributed by atoms with E-state index in [-0.39, 0.29) is 11.8 Å². The zero-order chi connectivity index (χ0) is 15.2. The molecule has 1 saturated heterocycles. The van der Waals surface area contributed by atoms with Gasteiger partial charge in [-0.1, -0.05) is 19.1 Å². The molecular weight excluding hydrogens is 274 g/mol. The SMILES string of the molecule is CCN1CCCC(NC(C)c2cccc(OC(F)F)c2)C1. The Morgan fingerprint density at radius 3 is 2.95 bits per heavy atom. The van der Waals surface area contributed by atoms with E-state index in [4.69, 9.17) is 0 Å². The molecule has 1 fully saturated rings. The van der Waals surface area contributed by atoms with Crippen molar-refractivity contribution in [3.8, 4) is 5.75 Å². The smallest absolute Gasteiger partial charge is 0.387 e. The fourth-order valence-corrected chi connectivity index (χ4v) is 2.89. The van der Waals surface area contributed by atoms with Gasteiger partial charge in [-0.3, -0.25) is 0 Å². The van der Waals surface area contributed by atoms with E-state index in [1.165, 1.54) is 13.0 Å². The van der Waals surface area contributed by atoms with Gasteiger partial charge < -0.3 is 15.0 Å². The molecule has 1 aliphatic rings. The third kappa shape index (κ3) is 4.93. The molecule has 0 saturated carbocycles. The minimum absolute atomic E-state index is 0.119. The topological polar surface area (TPSA) is 24.5 Å². The summed E-state index contributed by atoms with van der Waals surface area (Å²) in [6, 6.07) is 7.51. The van der Waals surface area contributed by atoms with Crippen molar-refractivity contribution >= 4 is 0 Å². The molecule has 1 aliphatic heterocycles. The van der Waals surface area contributed by atoms with Crippen molar-refractivity contribution in [2.24, 2.45) is 0 Å². The van der Waals surface area contributed by atoms with Gasteiger partial charge in [0.15, 0.2) is 0 Å². The Kier molecular flexibility index (Phi) is 5.94. The van der Waals surface area contributed by atoms with Crippen molar-refractivity contribution in [3.63, 3.8) is 0 Å². The molecule has 118 valence electrons. The van der Waals surface area contributed by atoms with E-state index in [0.29, 0.717) is 6.04 Å². The van der Waals surface area contributed by atoms with Crippen LogP contribution < -0.4 is 10.1 Å². The first-order chi connectivity index (χ1) is 10.1. The van der Waals surface area contributed by atoms with Gasteiger partial charge in [-0.15, -0.1) is 0 Å². The highest BCUT2D eigenvalue weighted by Crippen LogP contribution is 2.22. The zero-order valence-corrected chi connectivity index (χ0v) is 12.7. The van der Waals surface area contributed by atoms with E-state index in [1.807, 2.05) is 6.07 Å². The first-order valence-electron chi connectivity index (χ1n) is 7.61. The number of rotatable bonds is 6. The summed E-state index contributed by atoms with van der Waals surface area (Å²) >= 11 is 0. The van der Waals surface area contributed by atoms with Gasteiger partial charge in [0.25, 0.3) is 0 Å². The number of hydrogen-bond donors (Lipinski definition) is 1. The summed E-state index contributed by atoms with van der Waals surface area (Å²) in [6.45, 7) is 4.75. The fraction of sp³-hybridized carbons (Fsp3) is 0.625. The molecule has 5 heteroatoms. The van der Waals surface area contributed by atoms with Crippen LogP contribution in [0.1, 0.15) is 38.3 Å². The van der Waals surface area contributed by atoms with Crippen LogP contribution in [0.3, 0.4) is 0 Å². The highest BCUT2D eigenvalue weighted by Gasteiger charge is 2.20. The molecule has 1 N–H and O–H groups in total. The van der Waals surface area contributed by atoms with Gasteiger partial charge in [0, 0.05) is 18.6 Å². The molecule has 1 aromatic carbocycles. The number of ether oxygens (including phenoxy) is 1. The first kappa shape index (κ1) is 16.2. The van der Waals surface area contributed by atoms with E-state index in [9.17, 15) is 8.78 Å². The Morgan fingerprint density at radius 2 is 2.24 bits per heavy atom. The second-order valence-electron chi connectivity index (χ2n) is 5.57. The molecule has 0 aliphatic carbocycles. The average Bonchev–Trinajstić information content (AvgIpc) is 2.47. The van der Waals surface area contributed by atoms with Gasteiger partial charge in [-0.25, -0.2) is 0 Å². The number of likely N-dealkylation sites (tertiary alicyclic amines) is 1. The Bertz CT molecular complexity index is 442. The van der Waals surface area contributed by atoms with Crippen LogP contribution in [0.15, 0.2) is 24.3 Å². The summed E-state index contributed by atoms with van der Waals surface area (Å²) in [5.74, 6) is 0.218. The largest absolute Gasteiger partial charge is 0.435 e. The van der Waals surface area contributed by atoms with Crippen LogP contribution in [0.25, 0.3) is 0 Å². The average molecular weight is 298 g/mol. The van der Waals surface area contributed by atoms with Crippen LogP contribution in [0.4, 0.5) is 8.78 Å². The predicted molar refractivity (Wildman–Crippen MR) is 79.8 cm³/mol. The third-order valence-electron chi connectivity index (χ3n) is 4.02. The Balaban J connectivity index is 1.94. The second kappa shape index (κ2) is 7.71. The molecule has 2 atom stereocenters. The summed E-state index contributed by atoms with van der Waals surface area (Å²) in [6.07, 6.45) is 2.36. The van der Waals surface area contributed by atoms with E-state index >= 15 is 0 Å². The number of nitrogens with zero attached hydrogens (tertiary/aromatic N) is 1. The molecule has 1 aromatic rings. The monoisotopic (exact) mass is 298 g/mol. The Labute approximate surface area is 125 Å². The minimum Gasteiger partial charge on any atom is -0.435 e. The molecular formula is C16H24F2N2O. The van der Waals surface area contributed by atoms with Crippen LogP contribution >= 0.6 is 0 Å². The lowest BCUT2D eigenvalue weighted by atomic mass is 10.0. The van der Waals surface area contributed by atoms with Crippen molar-refractivity contribution in [3.05, 3.63) is 29.8 Å². The second-order valence-corrected chi connectivity index (χ2v) is 5.57. The van der Waals surface area contributed by atoms with Crippen LogP contribution in [0, 0.1) is 0 Å². The molecule has 0 bridgehead atoms. The lowest BCUT2D eigenvalue weighted by Gasteiger charge is -2.34. The number of hydrogen-bond acceptors (Lipinski definition) is 3. The van der Waals surface area contributed by atoms with Crippen molar-refractivity contribution < 1.29 is 13.5 Å². The van der Waals surface area contributed by atoms with Crippen molar-refractivity contribution in [2.45, 2.75) is 45.4 Å². The van der Waals surface area contributed by atoms with Crippen molar-refractivity contribution in [1.29, 1.82) is 0 Å².